The normalized spacial score (nSPS) is 19.9. The number of halogens is 1. The molecule has 0 unspecified atom stereocenters. The summed E-state index contributed by atoms with van der Waals surface area (Å²) < 4.78 is 0. The fourth-order valence-corrected chi connectivity index (χ4v) is 4.34. The second kappa shape index (κ2) is 12.1. The van der Waals surface area contributed by atoms with Gasteiger partial charge in [-0.15, -0.1) is 0 Å². The van der Waals surface area contributed by atoms with Crippen molar-refractivity contribution < 1.29 is 0 Å². The number of piperazine rings is 2. The van der Waals surface area contributed by atoms with E-state index in [1.54, 1.807) is 0 Å². The van der Waals surface area contributed by atoms with E-state index in [1.165, 1.54) is 0 Å². The van der Waals surface area contributed by atoms with Gasteiger partial charge >= 0.3 is 0 Å². The van der Waals surface area contributed by atoms with E-state index >= 15 is 0 Å². The molecular weight excluding hydrogens is 424 g/mol. The topological polar surface area (TPSA) is 110 Å². The van der Waals surface area contributed by atoms with Gasteiger partial charge in [0.15, 0.2) is 0 Å². The van der Waals surface area contributed by atoms with Gasteiger partial charge in [0.2, 0.25) is 0 Å². The Morgan fingerprint density at radius 3 is 2.28 bits per heavy atom. The van der Waals surface area contributed by atoms with E-state index in [2.05, 4.69) is 27.4 Å². The van der Waals surface area contributed by atoms with Crippen LogP contribution in [0.3, 0.4) is 0 Å². The molecule has 2 aliphatic heterocycles. The Balaban J connectivity index is 1.76. The average molecular weight is 461 g/mol. The van der Waals surface area contributed by atoms with Crippen LogP contribution in [-0.2, 0) is 0 Å². The van der Waals surface area contributed by atoms with Gasteiger partial charge in [-0.3, -0.25) is 10.3 Å². The van der Waals surface area contributed by atoms with Crippen molar-refractivity contribution in [2.75, 3.05) is 72.0 Å². The van der Waals surface area contributed by atoms with Crippen LogP contribution in [0.4, 0.5) is 0 Å². The molecule has 8 nitrogen and oxygen atoms in total. The van der Waals surface area contributed by atoms with Gasteiger partial charge < -0.3 is 31.9 Å². The van der Waals surface area contributed by atoms with Crippen LogP contribution in [0.15, 0.2) is 46.8 Å². The van der Waals surface area contributed by atoms with E-state index in [0.29, 0.717) is 34.5 Å². The van der Waals surface area contributed by atoms with Crippen molar-refractivity contribution in [2.45, 2.75) is 6.92 Å². The van der Waals surface area contributed by atoms with E-state index in [1.807, 2.05) is 35.2 Å². The van der Waals surface area contributed by atoms with Crippen LogP contribution >= 0.6 is 11.6 Å². The highest BCUT2D eigenvalue weighted by Crippen LogP contribution is 2.26. The number of nitrogens with two attached hydrogens (primary N) is 2. The quantitative estimate of drug-likeness (QED) is 0.222. The van der Waals surface area contributed by atoms with Gasteiger partial charge in [-0.1, -0.05) is 48.9 Å². The summed E-state index contributed by atoms with van der Waals surface area (Å²) in [6.45, 7) is 12.3. The predicted molar refractivity (Wildman–Crippen MR) is 133 cm³/mol. The molecule has 0 bridgehead atoms. The molecule has 0 radical (unpaired) electrons. The fourth-order valence-electron chi connectivity index (χ4n) is 4.04. The first-order valence-corrected chi connectivity index (χ1v) is 11.8. The van der Waals surface area contributed by atoms with Crippen molar-refractivity contribution in [3.8, 4) is 0 Å². The van der Waals surface area contributed by atoms with Crippen molar-refractivity contribution in [1.29, 1.82) is 5.41 Å². The standard InChI is InChI=1S/C23H37ClN8/c1-2-30-14-16-31(17-15-30)11-10-29-22(26)19(23(27)32-12-8-28-9-13-32)20(24)21(25)18-6-4-3-5-7-18/h3-7,27-29H,2,8-17,25-26H2,1H3/b21-20+,22-19-,27-23?. The Morgan fingerprint density at radius 2 is 1.66 bits per heavy atom. The third-order valence-electron chi connectivity index (χ3n) is 6.14. The first-order valence-electron chi connectivity index (χ1n) is 11.4. The molecule has 2 saturated heterocycles. The van der Waals surface area contributed by atoms with Crippen LogP contribution in [0.25, 0.3) is 5.70 Å². The zero-order valence-corrected chi connectivity index (χ0v) is 19.8. The van der Waals surface area contributed by atoms with Crippen LogP contribution in [0, 0.1) is 5.41 Å². The molecule has 2 fully saturated rings. The largest absolute Gasteiger partial charge is 0.397 e. The summed E-state index contributed by atoms with van der Waals surface area (Å²) in [6.07, 6.45) is 0. The zero-order valence-electron chi connectivity index (χ0n) is 19.0. The average Bonchev–Trinajstić information content (AvgIpc) is 2.85. The maximum absolute atomic E-state index is 8.86. The Hall–Kier alpha value is -2.26. The zero-order chi connectivity index (χ0) is 22.9. The summed E-state index contributed by atoms with van der Waals surface area (Å²) in [5.41, 5.74) is 14.6. The number of hydrogen-bond donors (Lipinski definition) is 5. The number of amidine groups is 1. The number of likely N-dealkylation sites (N-methyl/N-ethyl adjacent to an activating group) is 1. The van der Waals surface area contributed by atoms with E-state index in [4.69, 9.17) is 28.5 Å². The third-order valence-corrected chi connectivity index (χ3v) is 6.53. The van der Waals surface area contributed by atoms with Crippen LogP contribution < -0.4 is 22.1 Å². The maximum Gasteiger partial charge on any atom is 0.133 e. The monoisotopic (exact) mass is 460 g/mol. The number of nitrogens with zero attached hydrogens (tertiary/aromatic N) is 3. The van der Waals surface area contributed by atoms with Crippen LogP contribution in [0.2, 0.25) is 0 Å². The molecule has 9 heteroatoms. The van der Waals surface area contributed by atoms with Crippen molar-refractivity contribution in [1.82, 2.24) is 25.3 Å². The first kappa shape index (κ1) is 24.4. The molecule has 0 aromatic heterocycles. The summed E-state index contributed by atoms with van der Waals surface area (Å²) in [4.78, 5) is 6.89. The van der Waals surface area contributed by atoms with Gasteiger partial charge in [-0.2, -0.15) is 0 Å². The lowest BCUT2D eigenvalue weighted by Crippen LogP contribution is -2.48. The van der Waals surface area contributed by atoms with Crippen LogP contribution in [0.1, 0.15) is 12.5 Å². The molecule has 0 spiro atoms. The molecule has 3 rings (SSSR count). The molecule has 176 valence electrons. The van der Waals surface area contributed by atoms with Gasteiger partial charge in [0.1, 0.15) is 11.7 Å². The van der Waals surface area contributed by atoms with Crippen LogP contribution in [-0.4, -0.2) is 92.5 Å². The molecule has 0 atom stereocenters. The lowest BCUT2D eigenvalue weighted by atomic mass is 10.1. The summed E-state index contributed by atoms with van der Waals surface area (Å²) in [5, 5.41) is 15.8. The highest BCUT2D eigenvalue weighted by atomic mass is 35.5. The molecule has 1 aromatic rings. The second-order valence-electron chi connectivity index (χ2n) is 8.17. The highest BCUT2D eigenvalue weighted by molar-refractivity contribution is 6.38. The van der Waals surface area contributed by atoms with Gasteiger partial charge in [0.05, 0.1) is 16.3 Å². The molecule has 0 aliphatic carbocycles. The Bertz CT molecular complexity index is 809. The molecule has 32 heavy (non-hydrogen) atoms. The van der Waals surface area contributed by atoms with E-state index in [0.717, 1.165) is 71.0 Å². The van der Waals surface area contributed by atoms with Gasteiger partial charge in [0.25, 0.3) is 0 Å². The minimum absolute atomic E-state index is 0.303. The van der Waals surface area contributed by atoms with Crippen molar-refractivity contribution in [2.24, 2.45) is 11.5 Å². The molecule has 2 heterocycles. The summed E-state index contributed by atoms with van der Waals surface area (Å²) in [6, 6.07) is 9.57. The molecular formula is C23H37ClN8. The highest BCUT2D eigenvalue weighted by Gasteiger charge is 2.24. The molecule has 1 aromatic carbocycles. The number of nitrogens with one attached hydrogen (secondary N) is 3. The molecule has 2 aliphatic rings. The minimum Gasteiger partial charge on any atom is -0.397 e. The van der Waals surface area contributed by atoms with Crippen molar-refractivity contribution in [3.63, 3.8) is 0 Å². The Morgan fingerprint density at radius 1 is 1.03 bits per heavy atom. The number of rotatable bonds is 8. The second-order valence-corrected chi connectivity index (χ2v) is 8.55. The van der Waals surface area contributed by atoms with Gasteiger partial charge in [0, 0.05) is 65.4 Å². The SMILES string of the molecule is CCN1CCN(CCN/C(N)=C(C(=N)N2CCNCC2)/C(Cl)=C(\N)c2ccccc2)CC1. The molecule has 0 amide bonds. The first-order chi connectivity index (χ1) is 15.5. The lowest BCUT2D eigenvalue weighted by Gasteiger charge is -2.34. The summed E-state index contributed by atoms with van der Waals surface area (Å²) >= 11 is 6.78. The molecule has 7 N–H and O–H groups in total. The fraction of sp³-hybridized carbons (Fsp3) is 0.522. The number of hydrogen-bond acceptors (Lipinski definition) is 7. The Kier molecular flexibility index (Phi) is 9.23. The van der Waals surface area contributed by atoms with Gasteiger partial charge in [-0.25, -0.2) is 0 Å². The van der Waals surface area contributed by atoms with Crippen molar-refractivity contribution >= 4 is 23.1 Å². The van der Waals surface area contributed by atoms with Gasteiger partial charge in [-0.05, 0) is 12.1 Å². The van der Waals surface area contributed by atoms with E-state index < -0.39 is 0 Å². The predicted octanol–water partition coefficient (Wildman–Crippen LogP) is 0.833. The molecule has 0 saturated carbocycles. The minimum atomic E-state index is 0.303. The van der Waals surface area contributed by atoms with Crippen molar-refractivity contribution in [3.05, 3.63) is 52.3 Å². The Labute approximate surface area is 196 Å². The smallest absolute Gasteiger partial charge is 0.133 e. The lowest BCUT2D eigenvalue weighted by molar-refractivity contribution is 0.138. The maximum atomic E-state index is 8.86. The van der Waals surface area contributed by atoms with Crippen LogP contribution in [0.5, 0.6) is 0 Å². The summed E-state index contributed by atoms with van der Waals surface area (Å²) in [5.74, 6) is 0.696. The summed E-state index contributed by atoms with van der Waals surface area (Å²) in [7, 11) is 0. The van der Waals surface area contributed by atoms with E-state index in [9.17, 15) is 0 Å². The van der Waals surface area contributed by atoms with E-state index in [-0.39, 0.29) is 0 Å². The third kappa shape index (κ3) is 6.38. The number of benzene rings is 1.